The molecule has 2 amide bonds. The Bertz CT molecular complexity index is 1450. The molecule has 10 heteroatoms. The lowest BCUT2D eigenvalue weighted by Gasteiger charge is -2.34. The van der Waals surface area contributed by atoms with Crippen molar-refractivity contribution in [1.82, 2.24) is 10.2 Å². The van der Waals surface area contributed by atoms with Gasteiger partial charge in [-0.3, -0.25) is 13.9 Å². The molecular weight excluding hydrogens is 554 g/mol. The summed E-state index contributed by atoms with van der Waals surface area (Å²) in [4.78, 5) is 29.4. The number of amides is 2. The number of nitrogens with one attached hydrogen (secondary N) is 1. The Balaban J connectivity index is 2.09. The molecule has 226 valence electrons. The number of hydrogen-bond donors (Lipinski definition) is 1. The number of carbonyl (C=O) groups is 2. The summed E-state index contributed by atoms with van der Waals surface area (Å²) < 4.78 is 38.0. The first-order chi connectivity index (χ1) is 20.1. The van der Waals surface area contributed by atoms with E-state index >= 15 is 0 Å². The maximum absolute atomic E-state index is 14.3. The molecule has 0 aliphatic carbocycles. The molecule has 0 heterocycles. The van der Waals surface area contributed by atoms with Gasteiger partial charge in [-0.15, -0.1) is 0 Å². The van der Waals surface area contributed by atoms with Gasteiger partial charge >= 0.3 is 0 Å². The smallest absolute Gasteiger partial charge is 0.244 e. The third-order valence-corrected chi connectivity index (χ3v) is 8.00. The predicted octanol–water partition coefficient (Wildman–Crippen LogP) is 4.33. The standard InChI is InChI=1S/C32H41N3O6S/c1-6-7-18-33-32(37)29(21-25-12-9-8-10-13-25)34(22-26-14-11-15-27(20-26)40-3)31(36)23-35(42(5,38)39)28-19-24(2)16-17-30(28)41-4/h8-17,19-20,29H,6-7,18,21-23H2,1-5H3,(H,33,37)/t29-/m1/s1. The van der Waals surface area contributed by atoms with Gasteiger partial charge in [0.15, 0.2) is 0 Å². The van der Waals surface area contributed by atoms with Crippen molar-refractivity contribution in [2.24, 2.45) is 0 Å². The van der Waals surface area contributed by atoms with Crippen molar-refractivity contribution >= 4 is 27.5 Å². The van der Waals surface area contributed by atoms with E-state index in [0.29, 0.717) is 18.0 Å². The Morgan fingerprint density at radius 1 is 0.929 bits per heavy atom. The number of nitrogens with zero attached hydrogens (tertiary/aromatic N) is 2. The van der Waals surface area contributed by atoms with Crippen LogP contribution in [0.1, 0.15) is 36.5 Å². The fourth-order valence-corrected chi connectivity index (χ4v) is 5.46. The van der Waals surface area contributed by atoms with Crippen LogP contribution < -0.4 is 19.1 Å². The van der Waals surface area contributed by atoms with E-state index in [0.717, 1.165) is 40.1 Å². The Morgan fingerprint density at radius 3 is 2.29 bits per heavy atom. The second kappa shape index (κ2) is 15.3. The average Bonchev–Trinajstić information content (AvgIpc) is 2.97. The number of anilines is 1. The average molecular weight is 596 g/mol. The number of carbonyl (C=O) groups excluding carboxylic acids is 2. The number of methoxy groups -OCH3 is 2. The topological polar surface area (TPSA) is 105 Å². The lowest BCUT2D eigenvalue weighted by molar-refractivity contribution is -0.140. The second-order valence-electron chi connectivity index (χ2n) is 10.2. The number of unbranched alkanes of at least 4 members (excludes halogenated alkanes) is 1. The normalized spacial score (nSPS) is 11.8. The Labute approximate surface area is 249 Å². The highest BCUT2D eigenvalue weighted by atomic mass is 32.2. The highest BCUT2D eigenvalue weighted by molar-refractivity contribution is 7.92. The molecule has 9 nitrogen and oxygen atoms in total. The van der Waals surface area contributed by atoms with Crippen LogP contribution in [-0.4, -0.2) is 64.7 Å². The molecule has 0 saturated carbocycles. The van der Waals surface area contributed by atoms with E-state index in [-0.39, 0.29) is 24.6 Å². The highest BCUT2D eigenvalue weighted by Crippen LogP contribution is 2.31. The third kappa shape index (κ3) is 8.97. The van der Waals surface area contributed by atoms with Crippen LogP contribution in [-0.2, 0) is 32.6 Å². The minimum absolute atomic E-state index is 0.0668. The van der Waals surface area contributed by atoms with Crippen LogP contribution in [0.15, 0.2) is 72.8 Å². The maximum atomic E-state index is 14.3. The molecule has 1 atom stereocenters. The lowest BCUT2D eigenvalue weighted by Crippen LogP contribution is -2.53. The van der Waals surface area contributed by atoms with Crippen LogP contribution >= 0.6 is 0 Å². The maximum Gasteiger partial charge on any atom is 0.244 e. The fraction of sp³-hybridized carbons (Fsp3) is 0.375. The van der Waals surface area contributed by atoms with Gasteiger partial charge in [-0.25, -0.2) is 8.42 Å². The van der Waals surface area contributed by atoms with Crippen molar-refractivity contribution in [2.45, 2.75) is 45.7 Å². The summed E-state index contributed by atoms with van der Waals surface area (Å²) in [5.74, 6) is 0.0893. The van der Waals surface area contributed by atoms with Crippen molar-refractivity contribution < 1.29 is 27.5 Å². The van der Waals surface area contributed by atoms with Gasteiger partial charge in [0.2, 0.25) is 21.8 Å². The molecule has 42 heavy (non-hydrogen) atoms. The zero-order valence-electron chi connectivity index (χ0n) is 25.0. The summed E-state index contributed by atoms with van der Waals surface area (Å²) in [5, 5.41) is 2.98. The van der Waals surface area contributed by atoms with Gasteiger partial charge < -0.3 is 19.7 Å². The zero-order valence-corrected chi connectivity index (χ0v) is 25.8. The van der Waals surface area contributed by atoms with Gasteiger partial charge in [0.1, 0.15) is 24.1 Å². The zero-order chi connectivity index (χ0) is 30.7. The van der Waals surface area contributed by atoms with Gasteiger partial charge in [-0.2, -0.15) is 0 Å². The highest BCUT2D eigenvalue weighted by Gasteiger charge is 2.33. The van der Waals surface area contributed by atoms with Crippen LogP contribution in [0, 0.1) is 6.92 Å². The Kier molecular flexibility index (Phi) is 11.8. The lowest BCUT2D eigenvalue weighted by atomic mass is 10.0. The molecule has 3 aromatic rings. The molecule has 0 aromatic heterocycles. The molecule has 0 saturated heterocycles. The number of hydrogen-bond acceptors (Lipinski definition) is 6. The van der Waals surface area contributed by atoms with Crippen molar-refractivity contribution in [3.05, 3.63) is 89.5 Å². The van der Waals surface area contributed by atoms with Gasteiger partial charge in [0.25, 0.3) is 0 Å². The first kappa shape index (κ1) is 32.5. The molecule has 0 unspecified atom stereocenters. The SMILES string of the molecule is CCCCNC(=O)[C@@H](Cc1ccccc1)N(Cc1cccc(OC)c1)C(=O)CN(c1cc(C)ccc1OC)S(C)(=O)=O. The van der Waals surface area contributed by atoms with Crippen LogP contribution in [0.3, 0.4) is 0 Å². The number of rotatable bonds is 15. The van der Waals surface area contributed by atoms with E-state index in [4.69, 9.17) is 9.47 Å². The first-order valence-electron chi connectivity index (χ1n) is 13.9. The quantitative estimate of drug-likeness (QED) is 0.262. The van der Waals surface area contributed by atoms with Crippen molar-refractivity contribution in [1.29, 1.82) is 0 Å². The summed E-state index contributed by atoms with van der Waals surface area (Å²) in [6.45, 7) is 3.88. The van der Waals surface area contributed by atoms with Crippen LogP contribution in [0.5, 0.6) is 11.5 Å². The van der Waals surface area contributed by atoms with E-state index in [1.54, 1.807) is 37.4 Å². The Morgan fingerprint density at radius 2 is 1.64 bits per heavy atom. The summed E-state index contributed by atoms with van der Waals surface area (Å²) in [6.07, 6.45) is 2.99. The van der Waals surface area contributed by atoms with Crippen molar-refractivity contribution in [2.75, 3.05) is 37.9 Å². The molecule has 0 radical (unpaired) electrons. The summed E-state index contributed by atoms with van der Waals surface area (Å²) >= 11 is 0. The van der Waals surface area contributed by atoms with Crippen LogP contribution in [0.25, 0.3) is 0 Å². The molecule has 1 N–H and O–H groups in total. The molecule has 0 aliphatic heterocycles. The van der Waals surface area contributed by atoms with E-state index in [1.807, 2.05) is 56.3 Å². The monoisotopic (exact) mass is 595 g/mol. The summed E-state index contributed by atoms with van der Waals surface area (Å²) in [7, 11) is -0.914. The molecule has 0 aliphatic rings. The van der Waals surface area contributed by atoms with Crippen LogP contribution in [0.2, 0.25) is 0 Å². The van der Waals surface area contributed by atoms with Crippen molar-refractivity contribution in [3.8, 4) is 11.5 Å². The number of sulfonamides is 1. The van der Waals surface area contributed by atoms with E-state index in [1.165, 1.54) is 12.0 Å². The van der Waals surface area contributed by atoms with Gasteiger partial charge in [-0.05, 0) is 54.3 Å². The molecule has 0 bridgehead atoms. The number of ether oxygens (including phenoxy) is 2. The molecular formula is C32H41N3O6S. The summed E-state index contributed by atoms with van der Waals surface area (Å²) in [5.41, 5.74) is 2.66. The minimum Gasteiger partial charge on any atom is -0.497 e. The van der Waals surface area contributed by atoms with Crippen LogP contribution in [0.4, 0.5) is 5.69 Å². The second-order valence-corrected chi connectivity index (χ2v) is 12.1. The molecule has 3 rings (SSSR count). The van der Waals surface area contributed by atoms with Gasteiger partial charge in [0, 0.05) is 19.5 Å². The van der Waals surface area contributed by atoms with Gasteiger partial charge in [-0.1, -0.05) is 61.9 Å². The largest absolute Gasteiger partial charge is 0.497 e. The fourth-order valence-electron chi connectivity index (χ4n) is 4.62. The van der Waals surface area contributed by atoms with E-state index < -0.39 is 28.5 Å². The summed E-state index contributed by atoms with van der Waals surface area (Å²) in [6, 6.07) is 20.9. The van der Waals surface area contributed by atoms with Gasteiger partial charge in [0.05, 0.1) is 26.2 Å². The number of aryl methyl sites for hydroxylation is 1. The third-order valence-electron chi connectivity index (χ3n) is 6.87. The Hall–Kier alpha value is -4.05. The molecule has 0 spiro atoms. The predicted molar refractivity (Wildman–Crippen MR) is 165 cm³/mol. The molecule has 3 aromatic carbocycles. The van der Waals surface area contributed by atoms with Crippen molar-refractivity contribution in [3.63, 3.8) is 0 Å². The minimum atomic E-state index is -3.92. The first-order valence-corrected chi connectivity index (χ1v) is 15.8. The van der Waals surface area contributed by atoms with E-state index in [2.05, 4.69) is 5.32 Å². The number of benzene rings is 3. The molecule has 0 fully saturated rings. The van der Waals surface area contributed by atoms with E-state index in [9.17, 15) is 18.0 Å².